The molecular formula is C13H15F2N3S. The molecule has 0 saturated carbocycles. The molecule has 0 amide bonds. The lowest BCUT2D eigenvalue weighted by Crippen LogP contribution is -2.09. The van der Waals surface area contributed by atoms with Crippen LogP contribution in [0.1, 0.15) is 29.8 Å². The highest BCUT2D eigenvalue weighted by Crippen LogP contribution is 2.28. The summed E-state index contributed by atoms with van der Waals surface area (Å²) in [7, 11) is 0. The van der Waals surface area contributed by atoms with Crippen molar-refractivity contribution in [1.82, 2.24) is 4.98 Å². The molecule has 0 aliphatic carbocycles. The molecule has 3 N–H and O–H groups in total. The smallest absolute Gasteiger partial charge is 0.151 e. The Balaban J connectivity index is 2.21. The Bertz CT molecular complexity index is 560. The molecule has 0 bridgehead atoms. The Kier molecular flexibility index (Phi) is 3.99. The maximum atomic E-state index is 13.7. The molecule has 1 atom stereocenters. The van der Waals surface area contributed by atoms with Crippen molar-refractivity contribution in [3.8, 4) is 0 Å². The fourth-order valence-corrected chi connectivity index (χ4v) is 2.55. The van der Waals surface area contributed by atoms with Gasteiger partial charge in [-0.15, -0.1) is 11.3 Å². The molecule has 1 heterocycles. The van der Waals surface area contributed by atoms with Crippen LogP contribution in [0.5, 0.6) is 0 Å². The summed E-state index contributed by atoms with van der Waals surface area (Å²) in [5.74, 6) is -1.40. The van der Waals surface area contributed by atoms with Gasteiger partial charge in [-0.1, -0.05) is 6.92 Å². The monoisotopic (exact) mass is 283 g/mol. The van der Waals surface area contributed by atoms with E-state index in [9.17, 15) is 8.78 Å². The number of nitrogen functional groups attached to an aromatic ring is 1. The van der Waals surface area contributed by atoms with Crippen LogP contribution in [0.25, 0.3) is 0 Å². The molecule has 102 valence electrons. The van der Waals surface area contributed by atoms with Gasteiger partial charge in [0.1, 0.15) is 10.7 Å². The quantitative estimate of drug-likeness (QED) is 0.840. The van der Waals surface area contributed by atoms with Crippen LogP contribution in [-0.2, 0) is 6.42 Å². The number of aryl methyl sites for hydroxylation is 1. The average molecular weight is 283 g/mol. The first-order valence-electron chi connectivity index (χ1n) is 5.97. The van der Waals surface area contributed by atoms with Gasteiger partial charge in [0.25, 0.3) is 0 Å². The van der Waals surface area contributed by atoms with E-state index in [0.29, 0.717) is 0 Å². The molecule has 1 unspecified atom stereocenters. The molecule has 1 aromatic carbocycles. The fourth-order valence-electron chi connectivity index (χ4n) is 1.70. The lowest BCUT2D eigenvalue weighted by atomic mass is 10.2. The first-order valence-corrected chi connectivity index (χ1v) is 6.78. The van der Waals surface area contributed by atoms with Gasteiger partial charge in [-0.25, -0.2) is 13.8 Å². The second kappa shape index (κ2) is 5.52. The van der Waals surface area contributed by atoms with Crippen molar-refractivity contribution < 1.29 is 8.78 Å². The Morgan fingerprint density at radius 2 is 2.00 bits per heavy atom. The topological polar surface area (TPSA) is 50.9 Å². The maximum Gasteiger partial charge on any atom is 0.151 e. The van der Waals surface area contributed by atoms with E-state index in [1.807, 2.05) is 13.8 Å². The van der Waals surface area contributed by atoms with Gasteiger partial charge in [-0.2, -0.15) is 0 Å². The Morgan fingerprint density at radius 1 is 1.37 bits per heavy atom. The lowest BCUT2D eigenvalue weighted by Gasteiger charge is -2.14. The number of anilines is 2. The molecule has 2 aromatic rings. The van der Waals surface area contributed by atoms with E-state index in [2.05, 4.69) is 10.3 Å². The summed E-state index contributed by atoms with van der Waals surface area (Å²) in [5.41, 5.74) is 5.27. The normalized spacial score (nSPS) is 12.4. The predicted octanol–water partition coefficient (Wildman–Crippen LogP) is 3.74. The van der Waals surface area contributed by atoms with Crippen molar-refractivity contribution in [3.05, 3.63) is 39.8 Å². The number of nitrogens with zero attached hydrogens (tertiary/aromatic N) is 1. The third-order valence-corrected chi connectivity index (χ3v) is 4.04. The second-order valence-electron chi connectivity index (χ2n) is 4.24. The van der Waals surface area contributed by atoms with E-state index >= 15 is 0 Å². The van der Waals surface area contributed by atoms with Crippen LogP contribution in [-0.4, -0.2) is 4.98 Å². The number of thiazole rings is 1. The number of aromatic nitrogens is 1. The number of hydrogen-bond donors (Lipinski definition) is 2. The number of nitrogens with two attached hydrogens (primary N) is 1. The molecule has 2 rings (SSSR count). The Morgan fingerprint density at radius 3 is 2.53 bits per heavy atom. The van der Waals surface area contributed by atoms with E-state index < -0.39 is 11.6 Å². The van der Waals surface area contributed by atoms with Gasteiger partial charge in [0.05, 0.1) is 6.04 Å². The van der Waals surface area contributed by atoms with E-state index in [4.69, 9.17) is 5.73 Å². The number of hydrogen-bond acceptors (Lipinski definition) is 4. The molecule has 1 aromatic heterocycles. The third kappa shape index (κ3) is 3.01. The van der Waals surface area contributed by atoms with Crippen LogP contribution in [0.4, 0.5) is 20.2 Å². The van der Waals surface area contributed by atoms with Gasteiger partial charge < -0.3 is 11.1 Å². The Hall–Kier alpha value is -1.69. The van der Waals surface area contributed by atoms with Gasteiger partial charge in [-0.3, -0.25) is 0 Å². The highest BCUT2D eigenvalue weighted by Gasteiger charge is 2.16. The summed E-state index contributed by atoms with van der Waals surface area (Å²) >= 11 is 1.53. The summed E-state index contributed by atoms with van der Waals surface area (Å²) in [4.78, 5) is 5.39. The van der Waals surface area contributed by atoms with Crippen molar-refractivity contribution in [2.24, 2.45) is 0 Å². The zero-order valence-electron chi connectivity index (χ0n) is 10.7. The average Bonchev–Trinajstić information content (AvgIpc) is 2.82. The minimum atomic E-state index is -0.698. The van der Waals surface area contributed by atoms with Crippen molar-refractivity contribution >= 4 is 22.7 Å². The molecule has 0 radical (unpaired) electrons. The van der Waals surface area contributed by atoms with E-state index in [1.165, 1.54) is 11.3 Å². The number of halogens is 2. The van der Waals surface area contributed by atoms with Gasteiger partial charge >= 0.3 is 0 Å². The number of rotatable bonds is 4. The SMILES string of the molecule is CCc1cnc(C(C)Nc2c(F)cc(N)cc2F)s1. The zero-order chi connectivity index (χ0) is 14.0. The first kappa shape index (κ1) is 13.7. The molecule has 19 heavy (non-hydrogen) atoms. The minimum absolute atomic E-state index is 0.0655. The Labute approximate surface area is 114 Å². The molecule has 0 fully saturated rings. The molecule has 0 aliphatic heterocycles. The second-order valence-corrected chi connectivity index (χ2v) is 5.39. The molecule has 0 spiro atoms. The summed E-state index contributed by atoms with van der Waals surface area (Å²) < 4.78 is 27.3. The van der Waals surface area contributed by atoms with Gasteiger partial charge in [0, 0.05) is 16.8 Å². The van der Waals surface area contributed by atoms with E-state index in [0.717, 1.165) is 28.4 Å². The first-order chi connectivity index (χ1) is 9.01. The summed E-state index contributed by atoms with van der Waals surface area (Å²) in [6, 6.07) is 1.92. The lowest BCUT2D eigenvalue weighted by molar-refractivity contribution is 0.585. The summed E-state index contributed by atoms with van der Waals surface area (Å²) in [6.45, 7) is 3.85. The van der Waals surface area contributed by atoms with Crippen molar-refractivity contribution in [1.29, 1.82) is 0 Å². The van der Waals surface area contributed by atoms with Gasteiger partial charge in [0.2, 0.25) is 0 Å². The summed E-state index contributed by atoms with van der Waals surface area (Å²) in [5, 5.41) is 3.60. The van der Waals surface area contributed by atoms with Crippen LogP contribution in [0.2, 0.25) is 0 Å². The van der Waals surface area contributed by atoms with Crippen molar-refractivity contribution in [3.63, 3.8) is 0 Å². The number of benzene rings is 1. The van der Waals surface area contributed by atoms with Gasteiger partial charge in [0.15, 0.2) is 11.6 Å². The van der Waals surface area contributed by atoms with Crippen LogP contribution in [0.3, 0.4) is 0 Å². The molecule has 6 heteroatoms. The molecule has 3 nitrogen and oxygen atoms in total. The van der Waals surface area contributed by atoms with Crippen LogP contribution < -0.4 is 11.1 Å². The van der Waals surface area contributed by atoms with Crippen LogP contribution in [0.15, 0.2) is 18.3 Å². The standard InChI is InChI=1S/C13H15F2N3S/c1-3-9-6-17-13(19-9)7(2)18-12-10(14)4-8(16)5-11(12)15/h4-7,18H,3,16H2,1-2H3. The fraction of sp³-hybridized carbons (Fsp3) is 0.308. The third-order valence-electron chi connectivity index (χ3n) is 2.72. The number of nitrogens with one attached hydrogen (secondary N) is 1. The van der Waals surface area contributed by atoms with Gasteiger partial charge in [-0.05, 0) is 25.5 Å². The molecule has 0 aliphatic rings. The zero-order valence-corrected chi connectivity index (χ0v) is 11.5. The van der Waals surface area contributed by atoms with Crippen molar-refractivity contribution in [2.45, 2.75) is 26.3 Å². The highest BCUT2D eigenvalue weighted by atomic mass is 32.1. The van der Waals surface area contributed by atoms with Crippen LogP contribution in [0, 0.1) is 11.6 Å². The highest BCUT2D eigenvalue weighted by molar-refractivity contribution is 7.11. The minimum Gasteiger partial charge on any atom is -0.399 e. The van der Waals surface area contributed by atoms with E-state index in [-0.39, 0.29) is 17.4 Å². The van der Waals surface area contributed by atoms with Crippen molar-refractivity contribution in [2.75, 3.05) is 11.1 Å². The summed E-state index contributed by atoms with van der Waals surface area (Å²) in [6.07, 6.45) is 2.68. The van der Waals surface area contributed by atoms with Crippen LogP contribution >= 0.6 is 11.3 Å². The molecular weight excluding hydrogens is 268 g/mol. The maximum absolute atomic E-state index is 13.7. The molecule has 0 saturated heterocycles. The van der Waals surface area contributed by atoms with E-state index in [1.54, 1.807) is 6.20 Å². The largest absolute Gasteiger partial charge is 0.399 e. The predicted molar refractivity (Wildman–Crippen MR) is 74.3 cm³/mol.